The van der Waals surface area contributed by atoms with Crippen molar-refractivity contribution >= 4 is 17.2 Å². The third kappa shape index (κ3) is 2.79. The van der Waals surface area contributed by atoms with Crippen molar-refractivity contribution < 1.29 is 4.79 Å². The predicted molar refractivity (Wildman–Crippen MR) is 70.1 cm³/mol. The summed E-state index contributed by atoms with van der Waals surface area (Å²) in [6, 6.07) is 0.323. The molecule has 2 aromatic rings. The van der Waals surface area contributed by atoms with Gasteiger partial charge in [-0.05, 0) is 0 Å². The van der Waals surface area contributed by atoms with E-state index in [0.717, 1.165) is 24.5 Å². The van der Waals surface area contributed by atoms with Crippen LogP contribution in [0, 0.1) is 0 Å². The van der Waals surface area contributed by atoms with E-state index >= 15 is 0 Å². The van der Waals surface area contributed by atoms with Crippen LogP contribution < -0.4 is 10.6 Å². The summed E-state index contributed by atoms with van der Waals surface area (Å²) in [6.45, 7) is 2.33. The molecule has 8 heteroatoms. The fraction of sp³-hybridized carbons (Fsp3) is 0.455. The maximum atomic E-state index is 11.9. The number of thiazole rings is 1. The zero-order valence-electron chi connectivity index (χ0n) is 10.2. The maximum absolute atomic E-state index is 11.9. The summed E-state index contributed by atoms with van der Waals surface area (Å²) < 4.78 is 1.74. The fourth-order valence-electron chi connectivity index (χ4n) is 1.77. The minimum atomic E-state index is -0.185. The highest BCUT2D eigenvalue weighted by molar-refractivity contribution is 7.09. The van der Waals surface area contributed by atoms with E-state index in [2.05, 4.69) is 25.9 Å². The van der Waals surface area contributed by atoms with Gasteiger partial charge in [0.25, 0.3) is 5.91 Å². The van der Waals surface area contributed by atoms with E-state index in [1.54, 1.807) is 28.4 Å². The summed E-state index contributed by atoms with van der Waals surface area (Å²) in [6.07, 6.45) is 4.20. The Hall–Kier alpha value is -1.80. The van der Waals surface area contributed by atoms with Crippen molar-refractivity contribution in [1.82, 2.24) is 30.6 Å². The number of hydrogen-bond acceptors (Lipinski definition) is 6. The highest BCUT2D eigenvalue weighted by atomic mass is 32.1. The molecule has 1 fully saturated rings. The Bertz CT molecular complexity index is 547. The first-order valence-electron chi connectivity index (χ1n) is 6.12. The quantitative estimate of drug-likeness (QED) is 0.794. The summed E-state index contributed by atoms with van der Waals surface area (Å²) in [5.41, 5.74) is 0.367. The number of rotatable bonds is 5. The summed E-state index contributed by atoms with van der Waals surface area (Å²) in [4.78, 5) is 16.0. The van der Waals surface area contributed by atoms with Gasteiger partial charge in [0.1, 0.15) is 0 Å². The van der Waals surface area contributed by atoms with Gasteiger partial charge >= 0.3 is 0 Å². The van der Waals surface area contributed by atoms with Gasteiger partial charge in [-0.2, -0.15) is 0 Å². The van der Waals surface area contributed by atoms with Gasteiger partial charge in [0.15, 0.2) is 5.69 Å². The largest absolute Gasteiger partial charge is 0.350 e. The third-order valence-electron chi connectivity index (χ3n) is 2.98. The van der Waals surface area contributed by atoms with Crippen molar-refractivity contribution in [2.24, 2.45) is 0 Å². The molecule has 19 heavy (non-hydrogen) atoms. The zero-order valence-corrected chi connectivity index (χ0v) is 11.1. The monoisotopic (exact) mass is 278 g/mol. The van der Waals surface area contributed by atoms with Crippen molar-refractivity contribution in [2.45, 2.75) is 12.5 Å². The molecule has 2 N–H and O–H groups in total. The van der Waals surface area contributed by atoms with E-state index in [1.165, 1.54) is 0 Å². The molecule has 0 aromatic carbocycles. The Morgan fingerprint density at radius 3 is 3.16 bits per heavy atom. The van der Waals surface area contributed by atoms with Crippen molar-refractivity contribution in [3.05, 3.63) is 28.5 Å². The minimum Gasteiger partial charge on any atom is -0.350 e. The summed E-state index contributed by atoms with van der Waals surface area (Å²) >= 11 is 1.59. The topological polar surface area (TPSA) is 84.7 Å². The van der Waals surface area contributed by atoms with Crippen molar-refractivity contribution in [3.8, 4) is 0 Å². The number of carbonyl (C=O) groups excluding carboxylic acids is 1. The maximum Gasteiger partial charge on any atom is 0.273 e. The van der Waals surface area contributed by atoms with Gasteiger partial charge in [-0.15, -0.1) is 16.4 Å². The molecular weight excluding hydrogens is 264 g/mol. The van der Waals surface area contributed by atoms with E-state index < -0.39 is 0 Å². The van der Waals surface area contributed by atoms with Crippen LogP contribution in [0.25, 0.3) is 0 Å². The number of hydrogen-bond donors (Lipinski definition) is 2. The van der Waals surface area contributed by atoms with Crippen molar-refractivity contribution in [2.75, 3.05) is 19.6 Å². The molecule has 0 bridgehead atoms. The van der Waals surface area contributed by atoms with Crippen LogP contribution in [0.3, 0.4) is 0 Å². The average molecular weight is 278 g/mol. The first kappa shape index (κ1) is 12.2. The van der Waals surface area contributed by atoms with Crippen LogP contribution in [0.1, 0.15) is 21.5 Å². The second kappa shape index (κ2) is 5.45. The van der Waals surface area contributed by atoms with E-state index in [1.807, 2.05) is 5.38 Å². The van der Waals surface area contributed by atoms with Gasteiger partial charge in [-0.25, -0.2) is 9.67 Å². The Balaban J connectivity index is 1.50. The lowest BCUT2D eigenvalue weighted by molar-refractivity contribution is 0.0949. The molecule has 2 aromatic heterocycles. The van der Waals surface area contributed by atoms with E-state index in [4.69, 9.17) is 0 Å². The molecule has 0 spiro atoms. The lowest BCUT2D eigenvalue weighted by Crippen LogP contribution is -2.43. The molecule has 3 rings (SSSR count). The number of carbonyl (C=O) groups is 1. The lowest BCUT2D eigenvalue weighted by Gasteiger charge is -2.26. The third-order valence-corrected chi connectivity index (χ3v) is 3.82. The molecule has 7 nitrogen and oxygen atoms in total. The average Bonchev–Trinajstić information content (AvgIpc) is 2.97. The lowest BCUT2D eigenvalue weighted by atomic mass is 10.2. The SMILES string of the molecule is O=C(NCCc1nccs1)c1cn(C2CNC2)nn1. The standard InChI is InChI=1S/C11H14N6OS/c18-11(14-2-1-10-13-3-4-19-10)9-7-17(16-15-9)8-5-12-6-8/h3-4,7-8,12H,1-2,5-6H2,(H,14,18). The second-order valence-electron chi connectivity index (χ2n) is 4.33. The van der Waals surface area contributed by atoms with Crippen molar-refractivity contribution in [1.29, 1.82) is 0 Å². The zero-order chi connectivity index (χ0) is 13.1. The normalized spacial score (nSPS) is 15.2. The summed E-state index contributed by atoms with van der Waals surface area (Å²) in [5.74, 6) is -0.185. The minimum absolute atomic E-state index is 0.185. The van der Waals surface area contributed by atoms with E-state index in [9.17, 15) is 4.79 Å². The van der Waals surface area contributed by atoms with Crippen LogP contribution in [-0.4, -0.2) is 45.5 Å². The van der Waals surface area contributed by atoms with Gasteiger partial charge in [0.05, 0.1) is 17.2 Å². The van der Waals surface area contributed by atoms with Crippen LogP contribution in [0.4, 0.5) is 0 Å². The van der Waals surface area contributed by atoms with Crippen molar-refractivity contribution in [3.63, 3.8) is 0 Å². The van der Waals surface area contributed by atoms with Crippen LogP contribution in [0.2, 0.25) is 0 Å². The number of amides is 1. The van der Waals surface area contributed by atoms with Gasteiger partial charge in [0.2, 0.25) is 0 Å². The number of aromatic nitrogens is 4. The van der Waals surface area contributed by atoms with Crippen LogP contribution in [0.5, 0.6) is 0 Å². The van der Waals surface area contributed by atoms with Gasteiger partial charge < -0.3 is 10.6 Å². The van der Waals surface area contributed by atoms with E-state index in [-0.39, 0.29) is 5.91 Å². The summed E-state index contributed by atoms with van der Waals surface area (Å²) in [7, 11) is 0. The molecule has 1 saturated heterocycles. The molecule has 0 atom stereocenters. The number of nitrogens with zero attached hydrogens (tertiary/aromatic N) is 4. The molecule has 0 saturated carbocycles. The summed E-state index contributed by atoms with van der Waals surface area (Å²) in [5, 5.41) is 16.8. The Morgan fingerprint density at radius 2 is 2.47 bits per heavy atom. The fourth-order valence-corrected chi connectivity index (χ4v) is 2.39. The molecule has 0 unspecified atom stereocenters. The van der Waals surface area contributed by atoms with E-state index in [0.29, 0.717) is 18.3 Å². The molecule has 3 heterocycles. The van der Waals surface area contributed by atoms with Crippen LogP contribution in [0.15, 0.2) is 17.8 Å². The van der Waals surface area contributed by atoms with Crippen LogP contribution >= 0.6 is 11.3 Å². The molecule has 1 aliphatic heterocycles. The van der Waals surface area contributed by atoms with Gasteiger partial charge in [-0.3, -0.25) is 4.79 Å². The van der Waals surface area contributed by atoms with Gasteiger partial charge in [-0.1, -0.05) is 5.21 Å². The van der Waals surface area contributed by atoms with Crippen LogP contribution in [-0.2, 0) is 6.42 Å². The smallest absolute Gasteiger partial charge is 0.273 e. The highest BCUT2D eigenvalue weighted by Gasteiger charge is 2.21. The molecule has 0 aliphatic carbocycles. The highest BCUT2D eigenvalue weighted by Crippen LogP contribution is 2.09. The van der Waals surface area contributed by atoms with Gasteiger partial charge in [0, 0.05) is 37.6 Å². The molecule has 0 radical (unpaired) electrons. The first-order valence-corrected chi connectivity index (χ1v) is 7.00. The Morgan fingerprint density at radius 1 is 1.58 bits per heavy atom. The molecular formula is C11H14N6OS. The molecule has 1 amide bonds. The Kier molecular flexibility index (Phi) is 3.51. The second-order valence-corrected chi connectivity index (χ2v) is 5.31. The predicted octanol–water partition coefficient (Wildman–Crippen LogP) is -0.149. The molecule has 1 aliphatic rings. The Labute approximate surface area is 114 Å². The molecule has 100 valence electrons. The first-order chi connectivity index (χ1) is 9.33. The number of nitrogens with one attached hydrogen (secondary N) is 2.